The zero-order chi connectivity index (χ0) is 18.5. The summed E-state index contributed by atoms with van der Waals surface area (Å²) >= 11 is 0. The van der Waals surface area contributed by atoms with Crippen LogP contribution in [0.3, 0.4) is 0 Å². The van der Waals surface area contributed by atoms with E-state index >= 15 is 0 Å². The van der Waals surface area contributed by atoms with Gasteiger partial charge in [0.05, 0.1) is 18.9 Å². The highest BCUT2D eigenvalue weighted by atomic mass is 16.5. The fourth-order valence-electron chi connectivity index (χ4n) is 2.97. The Morgan fingerprint density at radius 2 is 1.88 bits per heavy atom. The topological polar surface area (TPSA) is 72.7 Å². The van der Waals surface area contributed by atoms with Crippen molar-refractivity contribution in [2.45, 2.75) is 33.4 Å². The first-order valence-corrected chi connectivity index (χ1v) is 8.90. The molecule has 0 spiro atoms. The zero-order valence-electron chi connectivity index (χ0n) is 15.9. The SMILES string of the molecule is CN=C(NCc1ccc2c(c1)OCCCO2)NCc1c(C)nn(C)c1C. The Kier molecular flexibility index (Phi) is 5.65. The number of rotatable bonds is 4. The molecule has 1 aromatic carbocycles. The van der Waals surface area contributed by atoms with Gasteiger partial charge in [0, 0.05) is 44.9 Å². The van der Waals surface area contributed by atoms with Crippen LogP contribution in [-0.4, -0.2) is 36.0 Å². The standard InChI is InChI=1S/C19H27N5O2/c1-13-16(14(2)24(4)23-13)12-22-19(20-3)21-11-15-6-7-17-18(10-15)26-9-5-8-25-17/h6-7,10H,5,8-9,11-12H2,1-4H3,(H2,20,21,22). The molecule has 7 nitrogen and oxygen atoms in total. The van der Waals surface area contributed by atoms with Crippen LogP contribution in [0.25, 0.3) is 0 Å². The molecule has 0 amide bonds. The lowest BCUT2D eigenvalue weighted by atomic mass is 10.2. The minimum atomic E-state index is 0.654. The van der Waals surface area contributed by atoms with E-state index in [2.05, 4.69) is 27.6 Å². The van der Waals surface area contributed by atoms with Crippen LogP contribution in [0.15, 0.2) is 23.2 Å². The number of aliphatic imine (C=N–C) groups is 1. The van der Waals surface area contributed by atoms with E-state index in [-0.39, 0.29) is 0 Å². The van der Waals surface area contributed by atoms with E-state index in [9.17, 15) is 0 Å². The van der Waals surface area contributed by atoms with Gasteiger partial charge >= 0.3 is 0 Å². The molecule has 0 saturated heterocycles. The molecule has 7 heteroatoms. The van der Waals surface area contributed by atoms with Crippen LogP contribution < -0.4 is 20.1 Å². The first kappa shape index (κ1) is 18.1. The minimum absolute atomic E-state index is 0.654. The third-order valence-corrected chi connectivity index (χ3v) is 4.59. The number of guanidine groups is 1. The Bertz CT molecular complexity index is 797. The molecule has 0 fully saturated rings. The Morgan fingerprint density at radius 1 is 1.15 bits per heavy atom. The molecule has 0 atom stereocenters. The van der Waals surface area contributed by atoms with Crippen molar-refractivity contribution in [1.82, 2.24) is 20.4 Å². The minimum Gasteiger partial charge on any atom is -0.490 e. The number of fused-ring (bicyclic) bond motifs is 1. The quantitative estimate of drug-likeness (QED) is 0.647. The Balaban J connectivity index is 1.58. The second-order valence-electron chi connectivity index (χ2n) is 6.38. The molecular weight excluding hydrogens is 330 g/mol. The van der Waals surface area contributed by atoms with Crippen molar-refractivity contribution in [2.75, 3.05) is 20.3 Å². The molecule has 0 aliphatic carbocycles. The predicted molar refractivity (Wildman–Crippen MR) is 102 cm³/mol. The van der Waals surface area contributed by atoms with Gasteiger partial charge in [0.15, 0.2) is 17.5 Å². The van der Waals surface area contributed by atoms with E-state index < -0.39 is 0 Å². The lowest BCUT2D eigenvalue weighted by Gasteiger charge is -2.13. The highest BCUT2D eigenvalue weighted by Gasteiger charge is 2.12. The molecule has 3 rings (SSSR count). The van der Waals surface area contributed by atoms with Crippen molar-refractivity contribution in [3.8, 4) is 11.5 Å². The largest absolute Gasteiger partial charge is 0.490 e. The predicted octanol–water partition coefficient (Wildman–Crippen LogP) is 2.06. The van der Waals surface area contributed by atoms with Crippen molar-refractivity contribution in [3.05, 3.63) is 40.7 Å². The van der Waals surface area contributed by atoms with Gasteiger partial charge < -0.3 is 20.1 Å². The lowest BCUT2D eigenvalue weighted by Crippen LogP contribution is -2.36. The Hall–Kier alpha value is -2.70. The fraction of sp³-hybridized carbons (Fsp3) is 0.474. The van der Waals surface area contributed by atoms with Gasteiger partial charge in [-0.1, -0.05) is 6.07 Å². The van der Waals surface area contributed by atoms with E-state index in [1.54, 1.807) is 7.05 Å². The molecule has 0 unspecified atom stereocenters. The molecular formula is C19H27N5O2. The number of aryl methyl sites for hydroxylation is 2. The number of nitrogens with zero attached hydrogens (tertiary/aromatic N) is 3. The van der Waals surface area contributed by atoms with Crippen LogP contribution in [0.5, 0.6) is 11.5 Å². The average molecular weight is 357 g/mol. The van der Waals surface area contributed by atoms with Crippen LogP contribution in [0.4, 0.5) is 0 Å². The third-order valence-electron chi connectivity index (χ3n) is 4.59. The molecule has 1 aliphatic heterocycles. The molecule has 2 N–H and O–H groups in total. The van der Waals surface area contributed by atoms with Crippen molar-refractivity contribution in [2.24, 2.45) is 12.0 Å². The van der Waals surface area contributed by atoms with Gasteiger partial charge in [0.2, 0.25) is 0 Å². The van der Waals surface area contributed by atoms with E-state index in [1.165, 1.54) is 5.56 Å². The fourth-order valence-corrected chi connectivity index (χ4v) is 2.97. The van der Waals surface area contributed by atoms with E-state index in [1.807, 2.05) is 36.9 Å². The monoisotopic (exact) mass is 357 g/mol. The van der Waals surface area contributed by atoms with Gasteiger partial charge in [-0.25, -0.2) is 0 Å². The van der Waals surface area contributed by atoms with Crippen LogP contribution in [0.1, 0.15) is 28.9 Å². The molecule has 0 saturated carbocycles. The van der Waals surface area contributed by atoms with Crippen molar-refractivity contribution >= 4 is 5.96 Å². The van der Waals surface area contributed by atoms with Crippen LogP contribution in [0, 0.1) is 13.8 Å². The first-order valence-electron chi connectivity index (χ1n) is 8.90. The Labute approximate surface area is 154 Å². The maximum absolute atomic E-state index is 5.75. The second-order valence-corrected chi connectivity index (χ2v) is 6.38. The number of aromatic nitrogens is 2. The van der Waals surface area contributed by atoms with Crippen molar-refractivity contribution in [3.63, 3.8) is 0 Å². The summed E-state index contributed by atoms with van der Waals surface area (Å²) < 4.78 is 13.3. The molecule has 0 bridgehead atoms. The van der Waals surface area contributed by atoms with Gasteiger partial charge in [0.25, 0.3) is 0 Å². The van der Waals surface area contributed by atoms with Crippen molar-refractivity contribution in [1.29, 1.82) is 0 Å². The first-order chi connectivity index (χ1) is 12.6. The molecule has 140 valence electrons. The van der Waals surface area contributed by atoms with E-state index in [4.69, 9.17) is 9.47 Å². The van der Waals surface area contributed by atoms with E-state index in [0.717, 1.165) is 40.8 Å². The summed E-state index contributed by atoms with van der Waals surface area (Å²) in [5.74, 6) is 2.38. The number of hydrogen-bond donors (Lipinski definition) is 2. The maximum atomic E-state index is 5.75. The van der Waals surface area contributed by atoms with Gasteiger partial charge in [0.1, 0.15) is 0 Å². The summed E-state index contributed by atoms with van der Waals surface area (Å²) in [4.78, 5) is 4.30. The Morgan fingerprint density at radius 3 is 2.58 bits per heavy atom. The van der Waals surface area contributed by atoms with Gasteiger partial charge in [-0.15, -0.1) is 0 Å². The highest BCUT2D eigenvalue weighted by molar-refractivity contribution is 5.79. The number of benzene rings is 1. The lowest BCUT2D eigenvalue weighted by molar-refractivity contribution is 0.297. The van der Waals surface area contributed by atoms with Gasteiger partial charge in [-0.05, 0) is 31.5 Å². The molecule has 0 radical (unpaired) electrons. The summed E-state index contributed by atoms with van der Waals surface area (Å²) in [6.45, 7) is 6.84. The number of ether oxygens (including phenoxy) is 2. The van der Waals surface area contributed by atoms with Crippen molar-refractivity contribution < 1.29 is 9.47 Å². The average Bonchev–Trinajstić information content (AvgIpc) is 2.82. The summed E-state index contributed by atoms with van der Waals surface area (Å²) in [7, 11) is 3.73. The second kappa shape index (κ2) is 8.12. The summed E-state index contributed by atoms with van der Waals surface area (Å²) in [6, 6.07) is 6.04. The zero-order valence-corrected chi connectivity index (χ0v) is 15.9. The molecule has 1 aliphatic rings. The summed E-state index contributed by atoms with van der Waals surface area (Å²) in [5, 5.41) is 11.1. The molecule has 2 aromatic rings. The van der Waals surface area contributed by atoms with Crippen LogP contribution >= 0.6 is 0 Å². The number of hydrogen-bond acceptors (Lipinski definition) is 4. The summed E-state index contributed by atoms with van der Waals surface area (Å²) in [6.07, 6.45) is 0.909. The molecule has 26 heavy (non-hydrogen) atoms. The highest BCUT2D eigenvalue weighted by Crippen LogP contribution is 2.30. The van der Waals surface area contributed by atoms with E-state index in [0.29, 0.717) is 26.3 Å². The number of nitrogens with one attached hydrogen (secondary N) is 2. The third kappa shape index (κ3) is 4.09. The van der Waals surface area contributed by atoms with Gasteiger partial charge in [-0.2, -0.15) is 5.10 Å². The van der Waals surface area contributed by atoms with Crippen LogP contribution in [-0.2, 0) is 20.1 Å². The van der Waals surface area contributed by atoms with Crippen LogP contribution in [0.2, 0.25) is 0 Å². The maximum Gasteiger partial charge on any atom is 0.191 e. The smallest absolute Gasteiger partial charge is 0.191 e. The summed E-state index contributed by atoms with van der Waals surface area (Å²) in [5.41, 5.74) is 4.51. The molecule has 2 heterocycles. The van der Waals surface area contributed by atoms with Gasteiger partial charge in [-0.3, -0.25) is 9.67 Å². The normalized spacial score (nSPS) is 14.1. The molecule has 1 aromatic heterocycles.